The van der Waals surface area contributed by atoms with Gasteiger partial charge in [0.1, 0.15) is 10.8 Å². The number of halogens is 2. The molecule has 0 radical (unpaired) electrons. The molecule has 0 atom stereocenters. The fourth-order valence-corrected chi connectivity index (χ4v) is 2.58. The highest BCUT2D eigenvalue weighted by atomic mass is 79.9. The van der Waals surface area contributed by atoms with Gasteiger partial charge in [0.25, 0.3) is 0 Å². The van der Waals surface area contributed by atoms with Crippen LogP contribution < -0.4 is 0 Å². The van der Waals surface area contributed by atoms with Crippen molar-refractivity contribution in [1.82, 2.24) is 4.98 Å². The summed E-state index contributed by atoms with van der Waals surface area (Å²) in [7, 11) is 0. The molecule has 0 fully saturated rings. The SMILES string of the molecule is Cc1ccnc(Sc2ccccc2F)c1Br. The number of pyridine rings is 1. The molecule has 1 heterocycles. The van der Waals surface area contributed by atoms with Crippen LogP contribution in [0, 0.1) is 12.7 Å². The third-order valence-corrected chi connectivity index (χ3v) is 4.41. The minimum Gasteiger partial charge on any atom is -0.248 e. The second kappa shape index (κ2) is 4.97. The summed E-state index contributed by atoms with van der Waals surface area (Å²) in [5, 5.41) is 0.783. The molecule has 0 N–H and O–H groups in total. The third kappa shape index (κ3) is 2.44. The summed E-state index contributed by atoms with van der Waals surface area (Å²) < 4.78 is 14.4. The van der Waals surface area contributed by atoms with E-state index in [0.717, 1.165) is 15.1 Å². The molecule has 0 amide bonds. The zero-order chi connectivity index (χ0) is 11.5. The van der Waals surface area contributed by atoms with Crippen LogP contribution in [0.5, 0.6) is 0 Å². The van der Waals surface area contributed by atoms with Crippen molar-refractivity contribution < 1.29 is 4.39 Å². The summed E-state index contributed by atoms with van der Waals surface area (Å²) in [5.41, 5.74) is 1.09. The normalized spacial score (nSPS) is 10.4. The van der Waals surface area contributed by atoms with Gasteiger partial charge in [-0.1, -0.05) is 23.9 Å². The van der Waals surface area contributed by atoms with Crippen LogP contribution in [0.1, 0.15) is 5.56 Å². The van der Waals surface area contributed by atoms with E-state index in [0.29, 0.717) is 4.90 Å². The van der Waals surface area contributed by atoms with E-state index in [2.05, 4.69) is 20.9 Å². The second-order valence-electron chi connectivity index (χ2n) is 3.28. The molecular weight excluding hydrogens is 289 g/mol. The molecule has 16 heavy (non-hydrogen) atoms. The van der Waals surface area contributed by atoms with Crippen molar-refractivity contribution in [2.75, 3.05) is 0 Å². The molecule has 0 aliphatic rings. The maximum atomic E-state index is 13.4. The van der Waals surface area contributed by atoms with Crippen LogP contribution in [0.15, 0.2) is 50.9 Å². The van der Waals surface area contributed by atoms with E-state index < -0.39 is 0 Å². The maximum Gasteiger partial charge on any atom is 0.137 e. The Bertz CT molecular complexity index is 516. The van der Waals surface area contributed by atoms with E-state index in [-0.39, 0.29) is 5.82 Å². The van der Waals surface area contributed by atoms with Gasteiger partial charge in [0.15, 0.2) is 0 Å². The van der Waals surface area contributed by atoms with Gasteiger partial charge in [0, 0.05) is 11.1 Å². The van der Waals surface area contributed by atoms with Gasteiger partial charge in [-0.3, -0.25) is 0 Å². The van der Waals surface area contributed by atoms with E-state index in [1.807, 2.05) is 19.1 Å². The van der Waals surface area contributed by atoms with Crippen LogP contribution in [0.3, 0.4) is 0 Å². The highest BCUT2D eigenvalue weighted by molar-refractivity contribution is 9.10. The average molecular weight is 298 g/mol. The Labute approximate surface area is 106 Å². The van der Waals surface area contributed by atoms with Crippen molar-refractivity contribution >= 4 is 27.7 Å². The van der Waals surface area contributed by atoms with Gasteiger partial charge in [-0.05, 0) is 46.6 Å². The highest BCUT2D eigenvalue weighted by Gasteiger charge is 2.08. The van der Waals surface area contributed by atoms with Crippen LogP contribution >= 0.6 is 27.7 Å². The van der Waals surface area contributed by atoms with E-state index in [1.54, 1.807) is 18.3 Å². The van der Waals surface area contributed by atoms with Crippen LogP contribution in [0.2, 0.25) is 0 Å². The summed E-state index contributed by atoms with van der Waals surface area (Å²) in [6.45, 7) is 1.98. The van der Waals surface area contributed by atoms with E-state index in [4.69, 9.17) is 0 Å². The zero-order valence-corrected chi connectivity index (χ0v) is 11.0. The van der Waals surface area contributed by atoms with Gasteiger partial charge < -0.3 is 0 Å². The van der Waals surface area contributed by atoms with E-state index in [1.165, 1.54) is 17.8 Å². The molecule has 4 heteroatoms. The van der Waals surface area contributed by atoms with Crippen molar-refractivity contribution in [3.05, 3.63) is 52.4 Å². The largest absolute Gasteiger partial charge is 0.248 e. The number of rotatable bonds is 2. The highest BCUT2D eigenvalue weighted by Crippen LogP contribution is 2.34. The summed E-state index contributed by atoms with van der Waals surface area (Å²) in [4.78, 5) is 4.81. The fourth-order valence-electron chi connectivity index (χ4n) is 1.22. The Morgan fingerprint density at radius 3 is 2.75 bits per heavy atom. The van der Waals surface area contributed by atoms with E-state index >= 15 is 0 Å². The predicted molar refractivity (Wildman–Crippen MR) is 67.2 cm³/mol. The molecule has 0 saturated heterocycles. The van der Waals surface area contributed by atoms with E-state index in [9.17, 15) is 4.39 Å². The van der Waals surface area contributed by atoms with Gasteiger partial charge in [0.2, 0.25) is 0 Å². The smallest absolute Gasteiger partial charge is 0.137 e. The van der Waals surface area contributed by atoms with Gasteiger partial charge in [-0.25, -0.2) is 9.37 Å². The summed E-state index contributed by atoms with van der Waals surface area (Å²) in [6, 6.07) is 8.60. The molecule has 0 bridgehead atoms. The van der Waals surface area contributed by atoms with Crippen molar-refractivity contribution in [2.45, 2.75) is 16.8 Å². The molecule has 0 aliphatic heterocycles. The summed E-state index contributed by atoms with van der Waals surface area (Å²) >= 11 is 4.78. The quantitative estimate of drug-likeness (QED) is 0.813. The molecule has 1 nitrogen and oxygen atoms in total. The van der Waals surface area contributed by atoms with Gasteiger partial charge >= 0.3 is 0 Å². The first-order chi connectivity index (χ1) is 7.68. The van der Waals surface area contributed by atoms with Gasteiger partial charge in [0.05, 0.1) is 4.47 Å². The minimum atomic E-state index is -0.220. The lowest BCUT2D eigenvalue weighted by Gasteiger charge is -2.05. The number of hydrogen-bond donors (Lipinski definition) is 0. The Balaban J connectivity index is 2.35. The standard InChI is InChI=1S/C12H9BrFNS/c1-8-6-7-15-12(11(8)13)16-10-5-3-2-4-9(10)14/h2-7H,1H3. The second-order valence-corrected chi connectivity index (χ2v) is 5.10. The molecule has 0 aliphatic carbocycles. The van der Waals surface area contributed by atoms with Crippen molar-refractivity contribution in [3.63, 3.8) is 0 Å². The van der Waals surface area contributed by atoms with Crippen LogP contribution in [0.25, 0.3) is 0 Å². The third-order valence-electron chi connectivity index (χ3n) is 2.09. The minimum absolute atomic E-state index is 0.220. The fraction of sp³-hybridized carbons (Fsp3) is 0.0833. The molecule has 1 aromatic carbocycles. The van der Waals surface area contributed by atoms with Crippen molar-refractivity contribution in [2.24, 2.45) is 0 Å². The maximum absolute atomic E-state index is 13.4. The molecule has 1 aromatic heterocycles. The number of aromatic nitrogens is 1. The van der Waals surface area contributed by atoms with Gasteiger partial charge in [-0.15, -0.1) is 0 Å². The van der Waals surface area contributed by atoms with Crippen LogP contribution in [-0.2, 0) is 0 Å². The first-order valence-corrected chi connectivity index (χ1v) is 6.33. The van der Waals surface area contributed by atoms with Gasteiger partial charge in [-0.2, -0.15) is 0 Å². The molecule has 0 spiro atoms. The molecular formula is C12H9BrFNS. The molecule has 2 rings (SSSR count). The number of aryl methyl sites for hydroxylation is 1. The Kier molecular flexibility index (Phi) is 3.61. The molecule has 82 valence electrons. The monoisotopic (exact) mass is 297 g/mol. The zero-order valence-electron chi connectivity index (χ0n) is 8.58. The lowest BCUT2D eigenvalue weighted by molar-refractivity contribution is 0.602. The molecule has 0 unspecified atom stereocenters. The van der Waals surface area contributed by atoms with Crippen molar-refractivity contribution in [1.29, 1.82) is 0 Å². The van der Waals surface area contributed by atoms with Crippen molar-refractivity contribution in [3.8, 4) is 0 Å². The predicted octanol–water partition coefficient (Wildman–Crippen LogP) is 4.44. The lowest BCUT2D eigenvalue weighted by atomic mass is 10.3. The number of nitrogens with zero attached hydrogens (tertiary/aromatic N) is 1. The lowest BCUT2D eigenvalue weighted by Crippen LogP contribution is -1.86. The van der Waals surface area contributed by atoms with Crippen LogP contribution in [0.4, 0.5) is 4.39 Å². The first kappa shape index (κ1) is 11.6. The first-order valence-electron chi connectivity index (χ1n) is 4.72. The number of benzene rings is 1. The Morgan fingerprint density at radius 2 is 2.00 bits per heavy atom. The average Bonchev–Trinajstić information content (AvgIpc) is 2.28. The topological polar surface area (TPSA) is 12.9 Å². The molecule has 2 aromatic rings. The number of hydrogen-bond acceptors (Lipinski definition) is 2. The summed E-state index contributed by atoms with van der Waals surface area (Å²) in [6.07, 6.45) is 1.73. The summed E-state index contributed by atoms with van der Waals surface area (Å²) in [5.74, 6) is -0.220. The Morgan fingerprint density at radius 1 is 1.25 bits per heavy atom. The van der Waals surface area contributed by atoms with Crippen LogP contribution in [-0.4, -0.2) is 4.98 Å². The Hall–Kier alpha value is -0.870. The molecule has 0 saturated carbocycles.